The number of aliphatic hydroxyl groups excluding tert-OH is 1. The lowest BCUT2D eigenvalue weighted by molar-refractivity contribution is 0.0660. The lowest BCUT2D eigenvalue weighted by Crippen LogP contribution is -2.54. The van der Waals surface area contributed by atoms with Crippen molar-refractivity contribution >= 4 is 0 Å². The number of likely N-dealkylation sites (N-methyl/N-ethyl adjacent to an activating group) is 2. The molecule has 2 N–H and O–H groups in total. The first kappa shape index (κ1) is 14.8. The molecule has 0 aromatic rings. The van der Waals surface area contributed by atoms with Crippen molar-refractivity contribution in [3.05, 3.63) is 0 Å². The summed E-state index contributed by atoms with van der Waals surface area (Å²) >= 11 is 0. The molecule has 92 valence electrons. The molecular formula is C11H26N2O2. The average molecular weight is 218 g/mol. The summed E-state index contributed by atoms with van der Waals surface area (Å²) in [5.74, 6) is 0. The Labute approximate surface area is 93.6 Å². The number of aliphatic hydroxyl groups is 1. The Bertz CT molecular complexity index is 161. The van der Waals surface area contributed by atoms with Crippen LogP contribution < -0.4 is 5.32 Å². The van der Waals surface area contributed by atoms with Crippen LogP contribution in [0.4, 0.5) is 0 Å². The minimum Gasteiger partial charge on any atom is -0.394 e. The van der Waals surface area contributed by atoms with Crippen molar-refractivity contribution in [2.75, 3.05) is 40.5 Å². The third-order valence-corrected chi connectivity index (χ3v) is 2.94. The number of hydrogen-bond acceptors (Lipinski definition) is 4. The van der Waals surface area contributed by atoms with E-state index in [2.05, 4.69) is 24.1 Å². The lowest BCUT2D eigenvalue weighted by Gasteiger charge is -2.36. The second-order valence-electron chi connectivity index (χ2n) is 4.34. The maximum Gasteiger partial charge on any atom is 0.0623 e. The summed E-state index contributed by atoms with van der Waals surface area (Å²) in [6.45, 7) is 8.93. The van der Waals surface area contributed by atoms with Crippen molar-refractivity contribution in [2.24, 2.45) is 0 Å². The molecule has 0 fully saturated rings. The molecule has 0 saturated carbocycles. The van der Waals surface area contributed by atoms with Gasteiger partial charge in [-0.1, -0.05) is 6.92 Å². The number of nitrogens with zero attached hydrogens (tertiary/aromatic N) is 1. The van der Waals surface area contributed by atoms with Crippen LogP contribution in [0.15, 0.2) is 0 Å². The fraction of sp³-hybridized carbons (Fsp3) is 1.00. The van der Waals surface area contributed by atoms with E-state index in [-0.39, 0.29) is 12.1 Å². The Morgan fingerprint density at radius 3 is 2.47 bits per heavy atom. The van der Waals surface area contributed by atoms with E-state index in [4.69, 9.17) is 4.74 Å². The van der Waals surface area contributed by atoms with E-state index in [1.807, 2.05) is 14.0 Å². The van der Waals surface area contributed by atoms with E-state index in [0.717, 1.165) is 19.7 Å². The third kappa shape index (κ3) is 4.93. The molecule has 4 nitrogen and oxygen atoms in total. The van der Waals surface area contributed by atoms with Crippen LogP contribution in [0.3, 0.4) is 0 Å². The molecule has 4 heteroatoms. The van der Waals surface area contributed by atoms with Crippen molar-refractivity contribution in [1.82, 2.24) is 10.2 Å². The standard InChI is InChI=1S/C11H26N2O2/c1-6-13(10(2)7-15-5)8-11(3,9-14)12-4/h10,12,14H,6-9H2,1-5H3. The van der Waals surface area contributed by atoms with Crippen LogP contribution in [0.2, 0.25) is 0 Å². The second kappa shape index (κ2) is 7.17. The van der Waals surface area contributed by atoms with Gasteiger partial charge in [-0.05, 0) is 27.4 Å². The Balaban J connectivity index is 4.29. The average Bonchev–Trinajstić information content (AvgIpc) is 2.26. The zero-order valence-corrected chi connectivity index (χ0v) is 10.7. The van der Waals surface area contributed by atoms with Gasteiger partial charge in [0.1, 0.15) is 0 Å². The maximum atomic E-state index is 9.32. The smallest absolute Gasteiger partial charge is 0.0623 e. The van der Waals surface area contributed by atoms with E-state index in [1.165, 1.54) is 0 Å². The van der Waals surface area contributed by atoms with Crippen molar-refractivity contribution in [1.29, 1.82) is 0 Å². The zero-order valence-electron chi connectivity index (χ0n) is 10.7. The van der Waals surface area contributed by atoms with Gasteiger partial charge in [0.2, 0.25) is 0 Å². The molecular weight excluding hydrogens is 192 g/mol. The van der Waals surface area contributed by atoms with Gasteiger partial charge in [-0.3, -0.25) is 4.90 Å². The summed E-state index contributed by atoms with van der Waals surface area (Å²) in [4.78, 5) is 2.30. The van der Waals surface area contributed by atoms with Crippen molar-refractivity contribution in [2.45, 2.75) is 32.4 Å². The summed E-state index contributed by atoms with van der Waals surface area (Å²) in [6.07, 6.45) is 0. The monoisotopic (exact) mass is 218 g/mol. The van der Waals surface area contributed by atoms with E-state index >= 15 is 0 Å². The largest absolute Gasteiger partial charge is 0.394 e. The number of hydrogen-bond donors (Lipinski definition) is 2. The molecule has 0 spiro atoms. The highest BCUT2D eigenvalue weighted by molar-refractivity contribution is 4.85. The molecule has 0 aromatic carbocycles. The molecule has 2 atom stereocenters. The predicted octanol–water partition coefficient (Wildman–Crippen LogP) is 0.314. The van der Waals surface area contributed by atoms with Crippen molar-refractivity contribution in [3.63, 3.8) is 0 Å². The zero-order chi connectivity index (χ0) is 11.9. The van der Waals surface area contributed by atoms with Gasteiger partial charge in [-0.15, -0.1) is 0 Å². The number of nitrogens with one attached hydrogen (secondary N) is 1. The molecule has 0 bridgehead atoms. The van der Waals surface area contributed by atoms with Gasteiger partial charge in [0.05, 0.1) is 18.8 Å². The topological polar surface area (TPSA) is 44.7 Å². The maximum absolute atomic E-state index is 9.32. The minimum absolute atomic E-state index is 0.139. The van der Waals surface area contributed by atoms with Crippen molar-refractivity contribution < 1.29 is 9.84 Å². The van der Waals surface area contributed by atoms with Gasteiger partial charge in [-0.25, -0.2) is 0 Å². The van der Waals surface area contributed by atoms with Crippen LogP contribution in [-0.2, 0) is 4.74 Å². The molecule has 0 radical (unpaired) electrons. The molecule has 0 saturated heterocycles. The van der Waals surface area contributed by atoms with Crippen molar-refractivity contribution in [3.8, 4) is 0 Å². The molecule has 0 aromatic heterocycles. The first-order valence-corrected chi connectivity index (χ1v) is 5.55. The van der Waals surface area contributed by atoms with Crippen LogP contribution in [0, 0.1) is 0 Å². The fourth-order valence-corrected chi connectivity index (χ4v) is 1.58. The van der Waals surface area contributed by atoms with Crippen LogP contribution in [0.5, 0.6) is 0 Å². The van der Waals surface area contributed by atoms with Crippen LogP contribution in [0.1, 0.15) is 20.8 Å². The summed E-state index contributed by atoms with van der Waals surface area (Å²) < 4.78 is 5.14. The first-order chi connectivity index (χ1) is 7.02. The quantitative estimate of drug-likeness (QED) is 0.615. The molecule has 0 amide bonds. The predicted molar refractivity (Wildman–Crippen MR) is 63.1 cm³/mol. The normalized spacial score (nSPS) is 17.8. The van der Waals surface area contributed by atoms with Gasteiger partial charge in [0.15, 0.2) is 0 Å². The number of methoxy groups -OCH3 is 1. The summed E-state index contributed by atoms with van der Waals surface area (Å²) in [5.41, 5.74) is -0.238. The van der Waals surface area contributed by atoms with Crippen LogP contribution in [0.25, 0.3) is 0 Å². The van der Waals surface area contributed by atoms with Gasteiger partial charge < -0.3 is 15.2 Å². The van der Waals surface area contributed by atoms with E-state index in [1.54, 1.807) is 7.11 Å². The highest BCUT2D eigenvalue weighted by atomic mass is 16.5. The summed E-state index contributed by atoms with van der Waals surface area (Å²) in [7, 11) is 3.60. The highest BCUT2D eigenvalue weighted by Gasteiger charge is 2.25. The Kier molecular flexibility index (Phi) is 7.09. The molecule has 0 aliphatic rings. The number of rotatable bonds is 8. The molecule has 2 unspecified atom stereocenters. The minimum atomic E-state index is -0.238. The molecule has 15 heavy (non-hydrogen) atoms. The van der Waals surface area contributed by atoms with Gasteiger partial charge in [0.25, 0.3) is 0 Å². The van der Waals surface area contributed by atoms with Gasteiger partial charge in [-0.2, -0.15) is 0 Å². The van der Waals surface area contributed by atoms with Gasteiger partial charge >= 0.3 is 0 Å². The summed E-state index contributed by atoms with van der Waals surface area (Å²) in [6, 6.07) is 0.374. The number of ether oxygens (including phenoxy) is 1. The van der Waals surface area contributed by atoms with E-state index in [9.17, 15) is 5.11 Å². The highest BCUT2D eigenvalue weighted by Crippen LogP contribution is 2.08. The lowest BCUT2D eigenvalue weighted by atomic mass is 10.0. The first-order valence-electron chi connectivity index (χ1n) is 5.55. The molecule has 0 aliphatic carbocycles. The van der Waals surface area contributed by atoms with E-state index < -0.39 is 0 Å². The van der Waals surface area contributed by atoms with E-state index in [0.29, 0.717) is 6.04 Å². The third-order valence-electron chi connectivity index (χ3n) is 2.94. The molecule has 0 aliphatic heterocycles. The SMILES string of the molecule is CCN(CC(C)(CO)NC)C(C)COC. The van der Waals surface area contributed by atoms with Crippen LogP contribution >= 0.6 is 0 Å². The Morgan fingerprint density at radius 1 is 1.53 bits per heavy atom. The Hall–Kier alpha value is -0.160. The summed E-state index contributed by atoms with van der Waals surface area (Å²) in [5, 5.41) is 12.5. The van der Waals surface area contributed by atoms with Crippen LogP contribution in [-0.4, -0.2) is 62.0 Å². The fourth-order valence-electron chi connectivity index (χ4n) is 1.58. The second-order valence-corrected chi connectivity index (χ2v) is 4.34. The molecule has 0 rings (SSSR count). The molecule has 0 heterocycles. The van der Waals surface area contributed by atoms with Gasteiger partial charge in [0, 0.05) is 19.7 Å². The Morgan fingerprint density at radius 2 is 2.13 bits per heavy atom.